The molecular formula is C15H24BrNO. The third-order valence-electron chi connectivity index (χ3n) is 2.97. The molecule has 0 radical (unpaired) electrons. The van der Waals surface area contributed by atoms with Crippen molar-refractivity contribution >= 4 is 15.9 Å². The van der Waals surface area contributed by atoms with Gasteiger partial charge in [-0.3, -0.25) is 0 Å². The van der Waals surface area contributed by atoms with Crippen LogP contribution >= 0.6 is 15.9 Å². The van der Waals surface area contributed by atoms with Crippen LogP contribution in [0.2, 0.25) is 0 Å². The van der Waals surface area contributed by atoms with Gasteiger partial charge in [-0.1, -0.05) is 54.2 Å². The Morgan fingerprint density at radius 2 is 1.83 bits per heavy atom. The SMILES string of the molecule is CCCCCCOC(c1ccc(Br)cc1)C(C)N. The van der Waals surface area contributed by atoms with E-state index in [4.69, 9.17) is 10.5 Å². The first-order valence-corrected chi connectivity index (χ1v) is 7.57. The molecule has 0 fully saturated rings. The molecule has 0 aromatic heterocycles. The maximum Gasteiger partial charge on any atom is 0.0972 e. The highest BCUT2D eigenvalue weighted by atomic mass is 79.9. The van der Waals surface area contributed by atoms with Crippen LogP contribution in [-0.4, -0.2) is 12.6 Å². The highest BCUT2D eigenvalue weighted by molar-refractivity contribution is 9.10. The number of hydrogen-bond acceptors (Lipinski definition) is 2. The van der Waals surface area contributed by atoms with E-state index in [1.807, 2.05) is 19.1 Å². The van der Waals surface area contributed by atoms with Gasteiger partial charge in [-0.25, -0.2) is 0 Å². The molecule has 102 valence electrons. The van der Waals surface area contributed by atoms with Crippen molar-refractivity contribution in [3.05, 3.63) is 34.3 Å². The van der Waals surface area contributed by atoms with E-state index in [2.05, 4.69) is 35.0 Å². The third-order valence-corrected chi connectivity index (χ3v) is 3.50. The molecular weight excluding hydrogens is 290 g/mol. The number of ether oxygens (including phenoxy) is 1. The summed E-state index contributed by atoms with van der Waals surface area (Å²) in [6.07, 6.45) is 4.89. The molecule has 0 amide bonds. The van der Waals surface area contributed by atoms with Crippen LogP contribution in [0, 0.1) is 0 Å². The van der Waals surface area contributed by atoms with Crippen LogP contribution in [0.15, 0.2) is 28.7 Å². The quantitative estimate of drug-likeness (QED) is 0.720. The number of nitrogens with two attached hydrogens (primary N) is 1. The van der Waals surface area contributed by atoms with E-state index < -0.39 is 0 Å². The summed E-state index contributed by atoms with van der Waals surface area (Å²) in [5.41, 5.74) is 7.17. The Bertz CT molecular complexity index is 324. The Morgan fingerprint density at radius 1 is 1.17 bits per heavy atom. The average Bonchev–Trinajstić information content (AvgIpc) is 2.35. The van der Waals surface area contributed by atoms with Gasteiger partial charge in [0.15, 0.2) is 0 Å². The number of rotatable bonds is 8. The van der Waals surface area contributed by atoms with Gasteiger partial charge in [0.05, 0.1) is 6.10 Å². The first-order valence-electron chi connectivity index (χ1n) is 6.77. The fourth-order valence-electron chi connectivity index (χ4n) is 1.94. The van der Waals surface area contributed by atoms with Crippen LogP contribution in [0.1, 0.15) is 51.2 Å². The molecule has 18 heavy (non-hydrogen) atoms. The van der Waals surface area contributed by atoms with E-state index in [9.17, 15) is 0 Å². The van der Waals surface area contributed by atoms with Gasteiger partial charge in [-0.15, -0.1) is 0 Å². The molecule has 1 rings (SSSR count). The summed E-state index contributed by atoms with van der Waals surface area (Å²) in [4.78, 5) is 0. The maximum absolute atomic E-state index is 6.01. The largest absolute Gasteiger partial charge is 0.372 e. The molecule has 1 aromatic rings. The molecule has 0 aliphatic carbocycles. The standard InChI is InChI=1S/C15H24BrNO/c1-3-4-5-6-11-18-15(12(2)17)13-7-9-14(16)10-8-13/h7-10,12,15H,3-6,11,17H2,1-2H3. The molecule has 0 saturated carbocycles. The topological polar surface area (TPSA) is 35.2 Å². The smallest absolute Gasteiger partial charge is 0.0972 e. The second kappa shape index (κ2) is 8.68. The van der Waals surface area contributed by atoms with Gasteiger partial charge < -0.3 is 10.5 Å². The second-order valence-corrected chi connectivity index (χ2v) is 5.68. The van der Waals surface area contributed by atoms with Gasteiger partial charge >= 0.3 is 0 Å². The van der Waals surface area contributed by atoms with E-state index in [0.717, 1.165) is 23.1 Å². The molecule has 0 heterocycles. The number of halogens is 1. The van der Waals surface area contributed by atoms with Crippen molar-refractivity contribution in [2.45, 2.75) is 51.7 Å². The van der Waals surface area contributed by atoms with Gasteiger partial charge in [0.2, 0.25) is 0 Å². The lowest BCUT2D eigenvalue weighted by Gasteiger charge is -2.22. The summed E-state index contributed by atoms with van der Waals surface area (Å²) < 4.78 is 7.02. The summed E-state index contributed by atoms with van der Waals surface area (Å²) in [7, 11) is 0. The first kappa shape index (κ1) is 15.7. The molecule has 0 saturated heterocycles. The molecule has 0 aliphatic heterocycles. The summed E-state index contributed by atoms with van der Waals surface area (Å²) in [5.74, 6) is 0. The second-order valence-electron chi connectivity index (χ2n) is 4.76. The lowest BCUT2D eigenvalue weighted by Crippen LogP contribution is -2.27. The Labute approximate surface area is 119 Å². The van der Waals surface area contributed by atoms with Crippen LogP contribution in [0.5, 0.6) is 0 Å². The summed E-state index contributed by atoms with van der Waals surface area (Å²) >= 11 is 3.44. The predicted molar refractivity (Wildman–Crippen MR) is 80.6 cm³/mol. The van der Waals surface area contributed by atoms with E-state index >= 15 is 0 Å². The van der Waals surface area contributed by atoms with Crippen molar-refractivity contribution in [1.29, 1.82) is 0 Å². The van der Waals surface area contributed by atoms with Crippen molar-refractivity contribution < 1.29 is 4.74 Å². The van der Waals surface area contributed by atoms with Crippen LogP contribution in [-0.2, 0) is 4.74 Å². The van der Waals surface area contributed by atoms with Crippen LogP contribution < -0.4 is 5.73 Å². The minimum absolute atomic E-state index is 0.000253. The maximum atomic E-state index is 6.01. The van der Waals surface area contributed by atoms with Gasteiger partial charge in [0.25, 0.3) is 0 Å². The summed E-state index contributed by atoms with van der Waals surface area (Å²) in [6, 6.07) is 8.22. The third kappa shape index (κ3) is 5.51. The lowest BCUT2D eigenvalue weighted by atomic mass is 10.0. The number of benzene rings is 1. The van der Waals surface area contributed by atoms with Crippen LogP contribution in [0.4, 0.5) is 0 Å². The highest BCUT2D eigenvalue weighted by Crippen LogP contribution is 2.22. The fraction of sp³-hybridized carbons (Fsp3) is 0.600. The molecule has 0 aliphatic rings. The van der Waals surface area contributed by atoms with E-state index in [1.54, 1.807) is 0 Å². The van der Waals surface area contributed by atoms with E-state index in [1.165, 1.54) is 19.3 Å². The van der Waals surface area contributed by atoms with Crippen molar-refractivity contribution in [3.8, 4) is 0 Å². The first-order chi connectivity index (χ1) is 8.65. The van der Waals surface area contributed by atoms with E-state index in [0.29, 0.717) is 0 Å². The average molecular weight is 314 g/mol. The van der Waals surface area contributed by atoms with Crippen molar-refractivity contribution in [1.82, 2.24) is 0 Å². The molecule has 2 unspecified atom stereocenters. The molecule has 1 aromatic carbocycles. The summed E-state index contributed by atoms with van der Waals surface area (Å²) in [6.45, 7) is 5.01. The zero-order chi connectivity index (χ0) is 13.4. The van der Waals surface area contributed by atoms with Gasteiger partial charge in [0, 0.05) is 17.1 Å². The number of hydrogen-bond donors (Lipinski definition) is 1. The molecule has 2 nitrogen and oxygen atoms in total. The number of unbranched alkanes of at least 4 members (excludes halogenated alkanes) is 3. The molecule has 3 heteroatoms. The fourth-order valence-corrected chi connectivity index (χ4v) is 2.21. The Kier molecular flexibility index (Phi) is 7.56. The Hall–Kier alpha value is -0.380. The monoisotopic (exact) mass is 313 g/mol. The van der Waals surface area contributed by atoms with Crippen LogP contribution in [0.3, 0.4) is 0 Å². The normalized spacial score (nSPS) is 14.4. The highest BCUT2D eigenvalue weighted by Gasteiger charge is 2.16. The molecule has 2 atom stereocenters. The summed E-state index contributed by atoms with van der Waals surface area (Å²) in [5, 5.41) is 0. The van der Waals surface area contributed by atoms with E-state index in [-0.39, 0.29) is 12.1 Å². The van der Waals surface area contributed by atoms with Crippen molar-refractivity contribution in [2.24, 2.45) is 5.73 Å². The zero-order valence-corrected chi connectivity index (χ0v) is 12.9. The predicted octanol–water partition coefficient (Wildman–Crippen LogP) is 4.43. The van der Waals surface area contributed by atoms with Gasteiger partial charge in [0.1, 0.15) is 0 Å². The van der Waals surface area contributed by atoms with Gasteiger partial charge in [-0.2, -0.15) is 0 Å². The minimum atomic E-state index is -0.000253. The zero-order valence-electron chi connectivity index (χ0n) is 11.4. The minimum Gasteiger partial charge on any atom is -0.372 e. The lowest BCUT2D eigenvalue weighted by molar-refractivity contribution is 0.0359. The van der Waals surface area contributed by atoms with Crippen molar-refractivity contribution in [3.63, 3.8) is 0 Å². The van der Waals surface area contributed by atoms with Crippen LogP contribution in [0.25, 0.3) is 0 Å². The molecule has 0 spiro atoms. The van der Waals surface area contributed by atoms with Crippen molar-refractivity contribution in [2.75, 3.05) is 6.61 Å². The molecule has 0 bridgehead atoms. The Morgan fingerprint density at radius 3 is 2.39 bits per heavy atom. The van der Waals surface area contributed by atoms with Gasteiger partial charge in [-0.05, 0) is 31.0 Å². The Balaban J connectivity index is 2.47. The molecule has 2 N–H and O–H groups in total.